The molecule has 1 aromatic heterocycles. The summed E-state index contributed by atoms with van der Waals surface area (Å²) in [5, 5.41) is 4.30. The number of aromatic nitrogens is 1. The highest BCUT2D eigenvalue weighted by molar-refractivity contribution is 6.08. The average molecular weight is 404 g/mol. The lowest BCUT2D eigenvalue weighted by Gasteiger charge is -2.32. The Balaban J connectivity index is 1.55. The molecule has 158 valence electrons. The Hall–Kier alpha value is -2.75. The van der Waals surface area contributed by atoms with Crippen LogP contribution in [0.2, 0.25) is 0 Å². The van der Waals surface area contributed by atoms with Crippen LogP contribution in [0, 0.1) is 12.8 Å². The number of nitrogens with one attached hydrogen (secondary N) is 1. The lowest BCUT2D eigenvalue weighted by Crippen LogP contribution is -2.32. The molecule has 4 heteroatoms. The first kappa shape index (κ1) is 20.5. The second-order valence-electron chi connectivity index (χ2n) is 8.67. The molecule has 3 aromatic rings. The van der Waals surface area contributed by atoms with Gasteiger partial charge in [0, 0.05) is 41.9 Å². The van der Waals surface area contributed by atoms with E-state index in [-0.39, 0.29) is 5.91 Å². The number of anilines is 2. The Kier molecular flexibility index (Phi) is 6.12. The van der Waals surface area contributed by atoms with Crippen molar-refractivity contribution in [3.63, 3.8) is 0 Å². The maximum Gasteiger partial charge on any atom is 0.272 e. The van der Waals surface area contributed by atoms with Crippen LogP contribution < -0.4 is 10.2 Å². The zero-order valence-corrected chi connectivity index (χ0v) is 18.4. The van der Waals surface area contributed by atoms with Crippen molar-refractivity contribution in [1.82, 2.24) is 4.57 Å². The molecule has 1 aliphatic heterocycles. The van der Waals surface area contributed by atoms with Crippen LogP contribution in [0.5, 0.6) is 0 Å². The summed E-state index contributed by atoms with van der Waals surface area (Å²) in [6.07, 6.45) is 4.66. The lowest BCUT2D eigenvalue weighted by atomic mass is 9.99. The molecule has 0 aliphatic carbocycles. The minimum absolute atomic E-state index is 0.0284. The third-order valence-corrected chi connectivity index (χ3v) is 6.45. The molecule has 0 atom stereocenters. The van der Waals surface area contributed by atoms with Crippen molar-refractivity contribution in [1.29, 1.82) is 0 Å². The summed E-state index contributed by atoms with van der Waals surface area (Å²) in [7, 11) is 0. The molecule has 0 saturated carbocycles. The van der Waals surface area contributed by atoms with Gasteiger partial charge in [-0.3, -0.25) is 4.79 Å². The van der Waals surface area contributed by atoms with Gasteiger partial charge in [-0.2, -0.15) is 0 Å². The number of benzene rings is 2. The number of carbonyl (C=O) groups excluding carboxylic acids is 1. The van der Waals surface area contributed by atoms with Crippen molar-refractivity contribution in [2.75, 3.05) is 23.3 Å². The number of amides is 1. The minimum atomic E-state index is -0.0284. The molecule has 0 bridgehead atoms. The lowest BCUT2D eigenvalue weighted by molar-refractivity contribution is 0.101. The highest BCUT2D eigenvalue weighted by atomic mass is 16.2. The predicted molar refractivity (Wildman–Crippen MR) is 127 cm³/mol. The standard InChI is InChI=1S/C26H33N3O/c1-4-5-16-29-24-9-7-6-8-23(24)20(3)25(29)26(30)27-21-10-12-22(13-11-21)28-17-14-19(2)15-18-28/h6-13,19H,4-5,14-18H2,1-3H3,(H,27,30). The summed E-state index contributed by atoms with van der Waals surface area (Å²) >= 11 is 0. The van der Waals surface area contributed by atoms with Gasteiger partial charge in [-0.1, -0.05) is 38.5 Å². The Morgan fingerprint density at radius 3 is 2.47 bits per heavy atom. The van der Waals surface area contributed by atoms with Crippen LogP contribution in [0.3, 0.4) is 0 Å². The average Bonchev–Trinajstić information content (AvgIpc) is 3.05. The Morgan fingerprint density at radius 2 is 1.77 bits per heavy atom. The van der Waals surface area contributed by atoms with Gasteiger partial charge in [0.05, 0.1) is 0 Å². The van der Waals surface area contributed by atoms with Gasteiger partial charge >= 0.3 is 0 Å². The smallest absolute Gasteiger partial charge is 0.272 e. The first-order valence-electron chi connectivity index (χ1n) is 11.3. The summed E-state index contributed by atoms with van der Waals surface area (Å²) in [5.41, 5.74) is 5.06. The molecule has 2 aromatic carbocycles. The first-order chi connectivity index (χ1) is 14.6. The summed E-state index contributed by atoms with van der Waals surface area (Å²) in [4.78, 5) is 15.7. The number of hydrogen-bond acceptors (Lipinski definition) is 2. The van der Waals surface area contributed by atoms with Gasteiger partial charge < -0.3 is 14.8 Å². The van der Waals surface area contributed by atoms with Gasteiger partial charge in [0.25, 0.3) is 5.91 Å². The van der Waals surface area contributed by atoms with E-state index in [9.17, 15) is 4.79 Å². The molecule has 1 saturated heterocycles. The van der Waals surface area contributed by atoms with Gasteiger partial charge in [-0.05, 0) is 68.0 Å². The number of carbonyl (C=O) groups is 1. The van der Waals surface area contributed by atoms with Crippen molar-refractivity contribution >= 4 is 28.2 Å². The zero-order chi connectivity index (χ0) is 21.1. The molecule has 1 aliphatic rings. The highest BCUT2D eigenvalue weighted by Gasteiger charge is 2.20. The molecule has 2 heterocycles. The largest absolute Gasteiger partial charge is 0.372 e. The second-order valence-corrected chi connectivity index (χ2v) is 8.67. The first-order valence-corrected chi connectivity index (χ1v) is 11.3. The third kappa shape index (κ3) is 4.09. The monoisotopic (exact) mass is 403 g/mol. The summed E-state index contributed by atoms with van der Waals surface area (Å²) in [6.45, 7) is 9.66. The fourth-order valence-corrected chi connectivity index (χ4v) is 4.53. The van der Waals surface area contributed by atoms with Crippen molar-refractivity contribution < 1.29 is 4.79 Å². The van der Waals surface area contributed by atoms with E-state index >= 15 is 0 Å². The molecular formula is C26H33N3O. The number of unbranched alkanes of at least 4 members (excludes halogenated alkanes) is 1. The van der Waals surface area contributed by atoms with Crippen LogP contribution in [0.15, 0.2) is 48.5 Å². The number of hydrogen-bond donors (Lipinski definition) is 1. The second kappa shape index (κ2) is 8.95. The summed E-state index contributed by atoms with van der Waals surface area (Å²) in [5.74, 6) is 0.793. The molecule has 4 nitrogen and oxygen atoms in total. The Bertz CT molecular complexity index is 1010. The molecule has 30 heavy (non-hydrogen) atoms. The van der Waals surface area contributed by atoms with Crippen molar-refractivity contribution in [2.45, 2.75) is 53.0 Å². The van der Waals surface area contributed by atoms with Crippen LogP contribution in [-0.4, -0.2) is 23.6 Å². The maximum atomic E-state index is 13.3. The van der Waals surface area contributed by atoms with E-state index in [0.717, 1.165) is 66.2 Å². The van der Waals surface area contributed by atoms with E-state index < -0.39 is 0 Å². The molecule has 1 fully saturated rings. The normalized spacial score (nSPS) is 15.0. The van der Waals surface area contributed by atoms with Crippen LogP contribution in [0.4, 0.5) is 11.4 Å². The Morgan fingerprint density at radius 1 is 1.07 bits per heavy atom. The van der Waals surface area contributed by atoms with E-state index in [1.807, 2.05) is 24.3 Å². The zero-order valence-electron chi connectivity index (χ0n) is 18.4. The minimum Gasteiger partial charge on any atom is -0.372 e. The van der Waals surface area contributed by atoms with E-state index in [1.165, 1.54) is 18.5 Å². The van der Waals surface area contributed by atoms with Gasteiger partial charge in [-0.15, -0.1) is 0 Å². The summed E-state index contributed by atoms with van der Waals surface area (Å²) in [6, 6.07) is 16.6. The number of para-hydroxylation sites is 1. The third-order valence-electron chi connectivity index (χ3n) is 6.45. The fourth-order valence-electron chi connectivity index (χ4n) is 4.53. The quantitative estimate of drug-likeness (QED) is 0.529. The summed E-state index contributed by atoms with van der Waals surface area (Å²) < 4.78 is 2.19. The highest BCUT2D eigenvalue weighted by Crippen LogP contribution is 2.28. The molecular weight excluding hydrogens is 370 g/mol. The Labute approximate surface area is 179 Å². The van der Waals surface area contributed by atoms with Gasteiger partial charge in [0.1, 0.15) is 5.69 Å². The molecule has 1 N–H and O–H groups in total. The number of aryl methyl sites for hydroxylation is 2. The maximum absolute atomic E-state index is 13.3. The number of fused-ring (bicyclic) bond motifs is 1. The molecule has 0 radical (unpaired) electrons. The topological polar surface area (TPSA) is 37.3 Å². The van der Waals surface area contributed by atoms with E-state index in [1.54, 1.807) is 0 Å². The van der Waals surface area contributed by atoms with E-state index in [0.29, 0.717) is 0 Å². The van der Waals surface area contributed by atoms with Crippen molar-refractivity contribution in [3.05, 3.63) is 59.8 Å². The van der Waals surface area contributed by atoms with Gasteiger partial charge in [0.15, 0.2) is 0 Å². The van der Waals surface area contributed by atoms with Crippen LogP contribution >= 0.6 is 0 Å². The SMILES string of the molecule is CCCCn1c(C(=O)Nc2ccc(N3CCC(C)CC3)cc2)c(C)c2ccccc21. The van der Waals surface area contributed by atoms with Gasteiger partial charge in [0.2, 0.25) is 0 Å². The molecule has 1 amide bonds. The van der Waals surface area contributed by atoms with Crippen LogP contribution in [0.25, 0.3) is 10.9 Å². The van der Waals surface area contributed by atoms with Crippen molar-refractivity contribution in [3.8, 4) is 0 Å². The fraction of sp³-hybridized carbons (Fsp3) is 0.423. The van der Waals surface area contributed by atoms with Crippen LogP contribution in [-0.2, 0) is 6.54 Å². The number of piperidine rings is 1. The van der Waals surface area contributed by atoms with Crippen LogP contribution in [0.1, 0.15) is 55.6 Å². The predicted octanol–water partition coefficient (Wildman–Crippen LogP) is 6.24. The van der Waals surface area contributed by atoms with Crippen molar-refractivity contribution in [2.24, 2.45) is 5.92 Å². The number of nitrogens with zero attached hydrogens (tertiary/aromatic N) is 2. The van der Waals surface area contributed by atoms with Gasteiger partial charge in [-0.25, -0.2) is 0 Å². The van der Waals surface area contributed by atoms with E-state index in [4.69, 9.17) is 0 Å². The molecule has 0 spiro atoms. The molecule has 4 rings (SSSR count). The van der Waals surface area contributed by atoms with E-state index in [2.05, 4.69) is 59.8 Å². The molecule has 0 unspecified atom stereocenters. The number of rotatable bonds is 6.